The molecule has 0 aliphatic heterocycles. The van der Waals surface area contributed by atoms with Gasteiger partial charge in [0.25, 0.3) is 0 Å². The topological polar surface area (TPSA) is 38.0 Å². The average Bonchev–Trinajstić information content (AvgIpc) is 2.70. The Kier molecular flexibility index (Phi) is 2.95. The van der Waals surface area contributed by atoms with Gasteiger partial charge in [-0.25, -0.2) is 0 Å². The highest BCUT2D eigenvalue weighted by Crippen LogP contribution is 2.29. The molecule has 1 N–H and O–H groups in total. The van der Waals surface area contributed by atoms with Crippen LogP contribution < -0.4 is 0 Å². The number of rotatable bonds is 3. The minimum absolute atomic E-state index is 0.309. The van der Waals surface area contributed by atoms with Crippen molar-refractivity contribution in [2.45, 2.75) is 26.8 Å². The fraction of sp³-hybridized carbons (Fsp3) is 0.308. The lowest BCUT2D eigenvalue weighted by Crippen LogP contribution is -2.01. The highest BCUT2D eigenvalue weighted by molar-refractivity contribution is 5.67. The molecule has 0 radical (unpaired) electrons. The molecule has 0 aliphatic rings. The molecule has 1 aromatic heterocycles. The SMILES string of the molecule is CCCn1nccc1-c1cc(C)ccc1O. The fourth-order valence-corrected chi connectivity index (χ4v) is 1.81. The second-order valence-corrected chi connectivity index (χ2v) is 3.96. The van der Waals surface area contributed by atoms with Gasteiger partial charge in [-0.1, -0.05) is 18.6 Å². The summed E-state index contributed by atoms with van der Waals surface area (Å²) in [7, 11) is 0. The predicted molar refractivity (Wildman–Crippen MR) is 64.4 cm³/mol. The van der Waals surface area contributed by atoms with E-state index in [0.29, 0.717) is 5.75 Å². The lowest BCUT2D eigenvalue weighted by Gasteiger charge is -2.08. The van der Waals surface area contributed by atoms with Crippen LogP contribution in [0.2, 0.25) is 0 Å². The summed E-state index contributed by atoms with van der Waals surface area (Å²) in [6.07, 6.45) is 2.80. The van der Waals surface area contributed by atoms with Gasteiger partial charge in [-0.15, -0.1) is 0 Å². The Morgan fingerprint density at radius 2 is 2.12 bits per heavy atom. The van der Waals surface area contributed by atoms with E-state index in [1.165, 1.54) is 0 Å². The number of nitrogens with zero attached hydrogens (tertiary/aromatic N) is 2. The molecule has 0 saturated carbocycles. The van der Waals surface area contributed by atoms with Crippen LogP contribution in [0.15, 0.2) is 30.5 Å². The van der Waals surface area contributed by atoms with Gasteiger partial charge < -0.3 is 5.11 Å². The van der Waals surface area contributed by atoms with Gasteiger partial charge in [0, 0.05) is 18.3 Å². The molecule has 0 saturated heterocycles. The van der Waals surface area contributed by atoms with E-state index in [1.54, 1.807) is 12.3 Å². The van der Waals surface area contributed by atoms with E-state index in [2.05, 4.69) is 12.0 Å². The number of aromatic hydroxyl groups is 1. The number of hydrogen-bond donors (Lipinski definition) is 1. The van der Waals surface area contributed by atoms with Gasteiger partial charge in [0.15, 0.2) is 0 Å². The Labute approximate surface area is 95.3 Å². The third kappa shape index (κ3) is 1.94. The number of phenols is 1. The van der Waals surface area contributed by atoms with Gasteiger partial charge in [-0.2, -0.15) is 5.10 Å². The van der Waals surface area contributed by atoms with E-state index in [-0.39, 0.29) is 0 Å². The van der Waals surface area contributed by atoms with Gasteiger partial charge in [0.2, 0.25) is 0 Å². The maximum atomic E-state index is 9.86. The van der Waals surface area contributed by atoms with Crippen LogP contribution in [-0.4, -0.2) is 14.9 Å². The highest BCUT2D eigenvalue weighted by Gasteiger charge is 2.09. The van der Waals surface area contributed by atoms with Crippen LogP contribution >= 0.6 is 0 Å². The van der Waals surface area contributed by atoms with E-state index >= 15 is 0 Å². The Morgan fingerprint density at radius 3 is 2.88 bits per heavy atom. The zero-order valence-electron chi connectivity index (χ0n) is 9.64. The van der Waals surface area contributed by atoms with Crippen LogP contribution in [0.25, 0.3) is 11.3 Å². The molecule has 0 amide bonds. The quantitative estimate of drug-likeness (QED) is 0.856. The second-order valence-electron chi connectivity index (χ2n) is 3.96. The van der Waals surface area contributed by atoms with Crippen LogP contribution in [0.5, 0.6) is 5.75 Å². The summed E-state index contributed by atoms with van der Waals surface area (Å²) in [5, 5.41) is 14.1. The molecule has 0 fully saturated rings. The largest absolute Gasteiger partial charge is 0.507 e. The van der Waals surface area contributed by atoms with Crippen LogP contribution in [0.1, 0.15) is 18.9 Å². The van der Waals surface area contributed by atoms with Crippen molar-refractivity contribution in [2.75, 3.05) is 0 Å². The van der Waals surface area contributed by atoms with Gasteiger partial charge in [0.05, 0.1) is 5.69 Å². The van der Waals surface area contributed by atoms with Crippen molar-refractivity contribution in [1.29, 1.82) is 0 Å². The molecule has 0 unspecified atom stereocenters. The van der Waals surface area contributed by atoms with Crippen LogP contribution in [0.3, 0.4) is 0 Å². The highest BCUT2D eigenvalue weighted by atomic mass is 16.3. The van der Waals surface area contributed by atoms with Gasteiger partial charge >= 0.3 is 0 Å². The first-order chi connectivity index (χ1) is 7.72. The lowest BCUT2D eigenvalue weighted by molar-refractivity contribution is 0.476. The summed E-state index contributed by atoms with van der Waals surface area (Å²) in [6.45, 7) is 5.00. The van der Waals surface area contributed by atoms with Gasteiger partial charge in [0.1, 0.15) is 5.75 Å². The molecule has 3 heteroatoms. The molecule has 1 heterocycles. The van der Waals surface area contributed by atoms with Crippen molar-refractivity contribution in [2.24, 2.45) is 0 Å². The fourth-order valence-electron chi connectivity index (χ4n) is 1.81. The standard InChI is InChI=1S/C13H16N2O/c1-3-8-15-12(6-7-14-15)11-9-10(2)4-5-13(11)16/h4-7,9,16H,3,8H2,1-2H3. The predicted octanol–water partition coefficient (Wildman–Crippen LogP) is 2.97. The van der Waals surface area contributed by atoms with Crippen LogP contribution in [0.4, 0.5) is 0 Å². The Hall–Kier alpha value is -1.77. The van der Waals surface area contributed by atoms with E-state index in [1.807, 2.05) is 29.8 Å². The molecular formula is C13H16N2O. The molecule has 0 atom stereocenters. The Morgan fingerprint density at radius 1 is 1.31 bits per heavy atom. The normalized spacial score (nSPS) is 10.6. The minimum Gasteiger partial charge on any atom is -0.507 e. The first-order valence-electron chi connectivity index (χ1n) is 5.54. The third-order valence-electron chi connectivity index (χ3n) is 2.58. The molecule has 2 rings (SSSR count). The zero-order valence-corrected chi connectivity index (χ0v) is 9.64. The smallest absolute Gasteiger partial charge is 0.124 e. The minimum atomic E-state index is 0.309. The Bertz CT molecular complexity index is 488. The van der Waals surface area contributed by atoms with E-state index in [9.17, 15) is 5.11 Å². The first kappa shape index (κ1) is 10.7. The van der Waals surface area contributed by atoms with Gasteiger partial charge in [-0.05, 0) is 31.5 Å². The molecule has 16 heavy (non-hydrogen) atoms. The summed E-state index contributed by atoms with van der Waals surface area (Å²) in [5.41, 5.74) is 2.96. The maximum Gasteiger partial charge on any atom is 0.124 e. The number of aromatic nitrogens is 2. The first-order valence-corrected chi connectivity index (χ1v) is 5.54. The molecule has 3 nitrogen and oxygen atoms in total. The number of phenolic OH excluding ortho intramolecular Hbond substituents is 1. The van der Waals surface area contributed by atoms with Crippen molar-refractivity contribution in [3.05, 3.63) is 36.0 Å². The van der Waals surface area contributed by atoms with E-state index in [4.69, 9.17) is 0 Å². The molecule has 84 valence electrons. The van der Waals surface area contributed by atoms with Crippen molar-refractivity contribution < 1.29 is 5.11 Å². The van der Waals surface area contributed by atoms with Crippen LogP contribution in [0, 0.1) is 6.92 Å². The van der Waals surface area contributed by atoms with Crippen molar-refractivity contribution >= 4 is 0 Å². The summed E-state index contributed by atoms with van der Waals surface area (Å²) in [4.78, 5) is 0. The molecule has 0 spiro atoms. The zero-order chi connectivity index (χ0) is 11.5. The molecule has 1 aromatic carbocycles. The van der Waals surface area contributed by atoms with Gasteiger partial charge in [-0.3, -0.25) is 4.68 Å². The molecular weight excluding hydrogens is 200 g/mol. The second kappa shape index (κ2) is 4.39. The van der Waals surface area contributed by atoms with Crippen molar-refractivity contribution in [3.8, 4) is 17.0 Å². The third-order valence-corrected chi connectivity index (χ3v) is 2.58. The summed E-state index contributed by atoms with van der Waals surface area (Å²) >= 11 is 0. The average molecular weight is 216 g/mol. The maximum absolute atomic E-state index is 9.86. The monoisotopic (exact) mass is 216 g/mol. The van der Waals surface area contributed by atoms with Crippen molar-refractivity contribution in [3.63, 3.8) is 0 Å². The summed E-state index contributed by atoms with van der Waals surface area (Å²) in [6, 6.07) is 7.55. The Balaban J connectivity index is 2.49. The summed E-state index contributed by atoms with van der Waals surface area (Å²) in [5.74, 6) is 0.309. The van der Waals surface area contributed by atoms with Crippen LogP contribution in [-0.2, 0) is 6.54 Å². The number of benzene rings is 1. The molecule has 0 aliphatic carbocycles. The van der Waals surface area contributed by atoms with Crippen molar-refractivity contribution in [1.82, 2.24) is 9.78 Å². The number of aryl methyl sites for hydroxylation is 2. The molecule has 0 bridgehead atoms. The van der Waals surface area contributed by atoms with E-state index < -0.39 is 0 Å². The van der Waals surface area contributed by atoms with E-state index in [0.717, 1.165) is 29.8 Å². The number of hydrogen-bond acceptors (Lipinski definition) is 2. The lowest BCUT2D eigenvalue weighted by atomic mass is 10.1. The molecule has 2 aromatic rings. The summed E-state index contributed by atoms with van der Waals surface area (Å²) < 4.78 is 1.93.